The van der Waals surface area contributed by atoms with E-state index in [1.54, 1.807) is 87.7 Å². The molecule has 0 unspecified atom stereocenters. The average Bonchev–Trinajstić information content (AvgIpc) is 1.68. The molecule has 12 N–H and O–H groups in total. The van der Waals surface area contributed by atoms with Crippen LogP contribution in [-0.4, -0.2) is 295 Å². The molecule has 0 aliphatic carbocycles. The number of aromatic nitrogens is 6. The van der Waals surface area contributed by atoms with Crippen molar-refractivity contribution in [1.82, 2.24) is 91.1 Å². The summed E-state index contributed by atoms with van der Waals surface area (Å²) in [4.78, 5) is 77.9. The summed E-state index contributed by atoms with van der Waals surface area (Å²) in [7, 11) is 9.07. The molecule has 12 heterocycles. The van der Waals surface area contributed by atoms with Gasteiger partial charge in [0.05, 0.1) is 52.6 Å². The summed E-state index contributed by atoms with van der Waals surface area (Å²) in [6.45, 7) is -28.3. The fraction of sp³-hybridized carbons (Fsp3) is 0.438. The van der Waals surface area contributed by atoms with Crippen LogP contribution in [0.15, 0.2) is 146 Å². The Morgan fingerprint density at radius 1 is 0.302 bits per heavy atom. The summed E-state index contributed by atoms with van der Waals surface area (Å²) in [6.07, 6.45) is -16.0. The molecule has 6 atom stereocenters. The number of fused-ring (bicyclic) bond motifs is 6. The van der Waals surface area contributed by atoms with Crippen molar-refractivity contribution in [3.63, 3.8) is 0 Å². The molecule has 0 radical (unpaired) electrons. The lowest BCUT2D eigenvalue weighted by Gasteiger charge is -2.09. The zero-order chi connectivity index (χ0) is 136. The van der Waals surface area contributed by atoms with Crippen LogP contribution < -0.4 is 31.9 Å². The van der Waals surface area contributed by atoms with E-state index in [4.69, 9.17) is 103 Å². The maximum absolute atomic E-state index is 11.5. The fourth-order valence-electron chi connectivity index (χ4n) is 13.1. The van der Waals surface area contributed by atoms with E-state index in [1.165, 1.54) is 66.5 Å². The molecule has 672 valence electrons. The molecule has 12 aromatic rings. The number of ether oxygens (including phenoxy) is 6. The van der Waals surface area contributed by atoms with Crippen LogP contribution >= 0.6 is 0 Å². The van der Waals surface area contributed by atoms with E-state index in [9.17, 15) is 28.8 Å². The second kappa shape index (κ2) is 43.7. The Kier molecular flexibility index (Phi) is 15.6. The third-order valence-electron chi connectivity index (χ3n) is 19.0. The molecule has 6 amide bonds. The molecular formula is C96H126N18O12. The largest absolute Gasteiger partial charge is 0.447 e. The Morgan fingerprint density at radius 2 is 0.516 bits per heavy atom. The smallest absolute Gasteiger partial charge is 0.407 e. The first kappa shape index (κ1) is 44.9. The first-order chi connectivity index (χ1) is 82.0. The summed E-state index contributed by atoms with van der Waals surface area (Å²) < 4.78 is 457. The molecule has 6 saturated heterocycles. The molecule has 18 rings (SSSR count). The van der Waals surface area contributed by atoms with Gasteiger partial charge >= 0.3 is 36.6 Å². The van der Waals surface area contributed by atoms with E-state index in [0.717, 1.165) is 31.9 Å². The monoisotopic (exact) mass is 1780 g/mol. The van der Waals surface area contributed by atoms with Crippen LogP contribution in [0.25, 0.3) is 65.4 Å². The fourth-order valence-corrected chi connectivity index (χ4v) is 13.1. The summed E-state index contributed by atoms with van der Waals surface area (Å²) in [5, 5.41) is 4.51. The van der Waals surface area contributed by atoms with Gasteiger partial charge in [0.25, 0.3) is 0 Å². The third kappa shape index (κ3) is 26.5. The number of likely N-dealkylation sites (N-methyl/N-ethyl adjacent to an activating group) is 6. The Morgan fingerprint density at radius 3 is 0.738 bits per heavy atom. The van der Waals surface area contributed by atoms with Gasteiger partial charge in [0.1, 0.15) is 39.6 Å². The van der Waals surface area contributed by atoms with Gasteiger partial charge in [0, 0.05) is 183 Å². The van der Waals surface area contributed by atoms with E-state index in [-0.39, 0.29) is 180 Å². The number of benzene rings is 6. The van der Waals surface area contributed by atoms with Crippen molar-refractivity contribution < 1.29 is 132 Å². The molecule has 30 nitrogen and oxygen atoms in total. The van der Waals surface area contributed by atoms with Crippen molar-refractivity contribution in [2.24, 2.45) is 0 Å². The van der Waals surface area contributed by atoms with Crippen molar-refractivity contribution in [3.05, 3.63) is 213 Å². The minimum Gasteiger partial charge on any atom is -0.447 e. The Labute approximate surface area is 813 Å². The number of alkyl carbamates (subject to hydrolysis) is 6. The highest BCUT2D eigenvalue weighted by Gasteiger charge is 2.29. The van der Waals surface area contributed by atoms with Gasteiger partial charge in [-0.15, -0.1) is 0 Å². The highest BCUT2D eigenvalue weighted by Crippen LogP contribution is 2.29. The van der Waals surface area contributed by atoms with Gasteiger partial charge in [-0.1, -0.05) is 36.4 Å². The van der Waals surface area contributed by atoms with Gasteiger partial charge in [0.2, 0.25) is 0 Å². The van der Waals surface area contributed by atoms with Crippen LogP contribution in [0.3, 0.4) is 0 Å². The number of aromatic amines is 6. The van der Waals surface area contributed by atoms with E-state index in [1.807, 2.05) is 0 Å². The number of hydrogen-bond acceptors (Lipinski definition) is 18. The van der Waals surface area contributed by atoms with Crippen LogP contribution in [0.5, 0.6) is 0 Å². The molecule has 0 bridgehead atoms. The standard InChI is InChI=1S/6C16H21N3O2/c6*1-19(2)6-5-12-9-17-15-4-3-11(8-14(12)15)7-13-10-21-16(20)18-13/h6*3-4,8-9,13,17H,5-7,10H2,1-2H3,(H,18,20)/t6*13-/m000000/s1/i1D3,2D3,6D2,9D,13D;1D3,2D3,5D2,9D,13D;1D3,6D2,9D,13D;1D3,5D2,9D,13D;6D2,9D,13D;5D2,9D,13D/hD12. The molecule has 6 fully saturated rings. The van der Waals surface area contributed by atoms with Gasteiger partial charge in [-0.25, -0.2) is 28.8 Å². The molecule has 126 heavy (non-hydrogen) atoms. The first-order valence-corrected chi connectivity index (χ1v) is 38.9. The van der Waals surface area contributed by atoms with Crippen molar-refractivity contribution in [2.75, 3.05) is 163 Å². The minimum atomic E-state index is -3.30. The van der Waals surface area contributed by atoms with E-state index in [0.29, 0.717) is 118 Å². The zero-order valence-electron chi connectivity index (χ0n) is 123. The number of hydrogen-bond donors (Lipinski definition) is 12. The lowest BCUT2D eigenvalue weighted by molar-refractivity contribution is 0.176. The average molecular weight is 1780 g/mol. The van der Waals surface area contributed by atoms with Crippen LogP contribution in [0.4, 0.5) is 28.8 Å². The van der Waals surface area contributed by atoms with Gasteiger partial charge in [0.15, 0.2) is 16.9 Å². The quantitative estimate of drug-likeness (QED) is 0.0186. The molecule has 6 aliphatic heterocycles. The molecule has 6 aliphatic rings. The van der Waals surface area contributed by atoms with Gasteiger partial charge in [-0.2, -0.15) is 0 Å². The van der Waals surface area contributed by atoms with Crippen molar-refractivity contribution >= 4 is 102 Å². The van der Waals surface area contributed by atoms with Crippen LogP contribution in [-0.2, 0) is 105 Å². The number of carbonyl (C=O) groups is 6. The Balaban J connectivity index is 0.000000176. The van der Waals surface area contributed by atoms with Crippen molar-refractivity contribution in [3.8, 4) is 0 Å². The maximum Gasteiger partial charge on any atom is 0.407 e. The number of rotatable bonds is 30. The molecule has 30 heteroatoms. The number of carbonyl (C=O) groups excluding carboxylic acids is 6. The summed E-state index contributed by atoms with van der Waals surface area (Å²) in [6, 6.07) is 18.1. The van der Waals surface area contributed by atoms with Gasteiger partial charge in [-0.05, 0) is 301 Å². The third-order valence-corrected chi connectivity index (χ3v) is 19.0. The maximum atomic E-state index is 11.5. The first-order valence-electron chi connectivity index (χ1n) is 65.3. The highest BCUT2D eigenvalue weighted by atomic mass is 16.6. The highest BCUT2D eigenvalue weighted by molar-refractivity contribution is 5.88. The second-order valence-electron chi connectivity index (χ2n) is 29.5. The number of amides is 6. The summed E-state index contributed by atoms with van der Waals surface area (Å²) in [5.74, 6) is 0. The molecule has 6 aromatic carbocycles. The number of cyclic esters (lactones) is 6. The predicted molar refractivity (Wildman–Crippen MR) is 495 cm³/mol. The lowest BCUT2D eigenvalue weighted by atomic mass is 10.0. The van der Waals surface area contributed by atoms with Gasteiger partial charge in [-0.3, -0.25) is 0 Å². The van der Waals surface area contributed by atoms with Crippen LogP contribution in [0.1, 0.15) is 124 Å². The second-order valence-corrected chi connectivity index (χ2v) is 29.5. The van der Waals surface area contributed by atoms with Crippen LogP contribution in [0.2, 0.25) is 16.9 Å². The summed E-state index contributed by atoms with van der Waals surface area (Å²) in [5.41, 5.74) is 4.85. The van der Waals surface area contributed by atoms with E-state index < -0.39 is 198 Å². The van der Waals surface area contributed by atoms with E-state index >= 15 is 0 Å². The predicted octanol–water partition coefficient (Wildman–Crippen LogP) is 11.5. The minimum absolute atomic E-state index is 0.0187. The van der Waals surface area contributed by atoms with Crippen molar-refractivity contribution in [2.45, 2.75) is 113 Å². The molecular weight excluding hydrogens is 1600 g/mol. The SMILES string of the molecule is [2H]c1c(C([2H])([2H])CN(C([2H])([2H])[2H])C([2H])([2H])[2H])c2cc(C[C@@]3([2H])COC(=O)N3[2H])ccc2n1[2H].[2H]c1c(C([2H])([2H])CN(C)C([2H])([2H])[2H])c2cc(C[C@@]3([2H])COC(=O)N3[2H])ccc2n1[2H].[2H]c1c(C([2H])([2H])CN(C)C)c2cc(C[C@@]3([2H])COC(=O)N3[2H])ccc2n1[2H].[2H]c1c(CC([2H])([2H])N(C([2H])([2H])[2H])C([2H])([2H])[2H])c2cc(C[C@@]3([2H])COC(=O)N3[2H])ccc2n1[2H].[2H]c1c(CC([2H])([2H])N(C)C([2H])([2H])[2H])c2cc(C[C@@]3([2H])COC(=O)N3[2H])ccc2n1[2H].[2H]c1c(CC([2H])([2H])N(C)C)c2cc(C[C@@]3([2H])COC(=O)N3[2H])ccc2n1[2H]. The van der Waals surface area contributed by atoms with Gasteiger partial charge < -0.3 is 120 Å². The topological polar surface area (TPSA) is 344 Å². The van der Waals surface area contributed by atoms with Crippen LogP contribution in [0, 0.1) is 0 Å². The molecule has 0 spiro atoms. The zero-order valence-corrected chi connectivity index (χ0v) is 69.1. The lowest BCUT2D eigenvalue weighted by Crippen LogP contribution is -2.28. The Bertz CT molecular complexity index is 8360. The number of aryl methyl sites for hydroxylation is 3. The molecule has 6 aromatic heterocycles. The van der Waals surface area contributed by atoms with Crippen molar-refractivity contribution in [1.29, 1.82) is 0 Å². The number of H-pyrrole nitrogens is 6. The number of nitrogens with one attached hydrogen (secondary N) is 12. The number of nitrogens with zero attached hydrogens (tertiary/aromatic N) is 6. The Hall–Kier alpha value is -12.1. The summed E-state index contributed by atoms with van der Waals surface area (Å²) >= 11 is 0. The molecule has 0 saturated carbocycles. The normalized spacial score (nSPS) is 29.7. The van der Waals surface area contributed by atoms with E-state index in [2.05, 4.69) is 0 Å².